The van der Waals surface area contributed by atoms with Gasteiger partial charge in [0.1, 0.15) is 10.9 Å². The van der Waals surface area contributed by atoms with Crippen LogP contribution in [-0.2, 0) is 18.3 Å². The van der Waals surface area contributed by atoms with E-state index in [1.807, 2.05) is 14.0 Å². The van der Waals surface area contributed by atoms with E-state index in [0.717, 1.165) is 43.6 Å². The number of aryl methyl sites for hydroxylation is 2. The highest BCUT2D eigenvalue weighted by atomic mass is 35.5. The zero-order valence-electron chi connectivity index (χ0n) is 11.5. The topological polar surface area (TPSA) is 46.9 Å². The fourth-order valence-corrected chi connectivity index (χ4v) is 3.69. The van der Waals surface area contributed by atoms with Gasteiger partial charge in [-0.1, -0.05) is 11.6 Å². The van der Waals surface area contributed by atoms with E-state index in [4.69, 9.17) is 11.6 Å². The molecule has 1 aliphatic heterocycles. The van der Waals surface area contributed by atoms with Gasteiger partial charge in [0, 0.05) is 24.9 Å². The van der Waals surface area contributed by atoms with Crippen molar-refractivity contribution in [2.75, 3.05) is 13.1 Å². The van der Waals surface area contributed by atoms with Gasteiger partial charge < -0.3 is 5.32 Å². The normalized spacial score (nSPS) is 24.7. The van der Waals surface area contributed by atoms with Gasteiger partial charge in [-0.25, -0.2) is 0 Å². The molecule has 1 spiro atoms. The first-order valence-corrected chi connectivity index (χ1v) is 7.33. The zero-order valence-corrected chi connectivity index (χ0v) is 12.3. The summed E-state index contributed by atoms with van der Waals surface area (Å²) >= 11 is 6.20. The lowest BCUT2D eigenvalue weighted by atomic mass is 9.89. The molecular formula is C14H20ClN3O. The molecule has 19 heavy (non-hydrogen) atoms. The Bertz CT molecular complexity index is 517. The molecule has 1 unspecified atom stereocenters. The lowest BCUT2D eigenvalue weighted by Crippen LogP contribution is -2.31. The predicted molar refractivity (Wildman–Crippen MR) is 74.3 cm³/mol. The minimum absolute atomic E-state index is 0.255. The molecule has 2 aliphatic rings. The number of nitrogens with one attached hydrogen (secondary N) is 1. The van der Waals surface area contributed by atoms with Crippen molar-refractivity contribution in [1.29, 1.82) is 0 Å². The Balaban J connectivity index is 1.69. The van der Waals surface area contributed by atoms with Crippen LogP contribution in [0.3, 0.4) is 0 Å². The number of halogens is 1. The second kappa shape index (κ2) is 4.60. The molecule has 2 heterocycles. The monoisotopic (exact) mass is 281 g/mol. The Labute approximate surface area is 118 Å². The van der Waals surface area contributed by atoms with Crippen LogP contribution in [0.2, 0.25) is 5.15 Å². The Kier molecular flexibility index (Phi) is 3.18. The number of ketones is 1. The summed E-state index contributed by atoms with van der Waals surface area (Å²) in [6.45, 7) is 4.02. The van der Waals surface area contributed by atoms with Gasteiger partial charge in [0.25, 0.3) is 0 Å². The Morgan fingerprint density at radius 1 is 1.53 bits per heavy atom. The highest BCUT2D eigenvalue weighted by molar-refractivity contribution is 6.30. The number of hydrogen-bond acceptors (Lipinski definition) is 3. The van der Waals surface area contributed by atoms with Gasteiger partial charge in [-0.15, -0.1) is 0 Å². The van der Waals surface area contributed by atoms with E-state index in [-0.39, 0.29) is 5.92 Å². The first kappa shape index (κ1) is 13.1. The minimum Gasteiger partial charge on any atom is -0.317 e. The lowest BCUT2D eigenvalue weighted by molar-refractivity contribution is -0.120. The lowest BCUT2D eigenvalue weighted by Gasteiger charge is -2.23. The van der Waals surface area contributed by atoms with Crippen LogP contribution >= 0.6 is 11.6 Å². The second-order valence-corrected chi connectivity index (χ2v) is 6.35. The van der Waals surface area contributed by atoms with E-state index in [9.17, 15) is 4.79 Å². The highest BCUT2D eigenvalue weighted by Gasteiger charge is 2.57. The molecule has 0 amide bonds. The van der Waals surface area contributed by atoms with Crippen molar-refractivity contribution in [3.63, 3.8) is 0 Å². The third kappa shape index (κ3) is 2.21. The molecule has 1 aromatic heterocycles. The van der Waals surface area contributed by atoms with Crippen molar-refractivity contribution < 1.29 is 4.79 Å². The van der Waals surface area contributed by atoms with Crippen LogP contribution in [0.5, 0.6) is 0 Å². The molecule has 1 aromatic rings. The van der Waals surface area contributed by atoms with Gasteiger partial charge in [0.2, 0.25) is 0 Å². The smallest absolute Gasteiger partial charge is 0.141 e. The fraction of sp³-hybridized carbons (Fsp3) is 0.714. The zero-order chi connectivity index (χ0) is 13.6. The fourth-order valence-electron chi connectivity index (χ4n) is 3.45. The summed E-state index contributed by atoms with van der Waals surface area (Å²) in [6.07, 6.45) is 3.80. The number of aromatic nitrogens is 2. The minimum atomic E-state index is 0.255. The van der Waals surface area contributed by atoms with Crippen LogP contribution < -0.4 is 5.32 Å². The van der Waals surface area contributed by atoms with Crippen molar-refractivity contribution in [2.24, 2.45) is 18.4 Å². The maximum Gasteiger partial charge on any atom is 0.141 e. The molecule has 1 aliphatic carbocycles. The number of carbonyl (C=O) groups excluding carboxylic acids is 1. The van der Waals surface area contributed by atoms with Crippen LogP contribution in [0.15, 0.2) is 0 Å². The molecule has 5 heteroatoms. The number of piperidine rings is 1. The molecule has 104 valence electrons. The molecule has 4 nitrogen and oxygen atoms in total. The molecule has 0 bridgehead atoms. The summed E-state index contributed by atoms with van der Waals surface area (Å²) in [5.74, 6) is 0.602. The largest absolute Gasteiger partial charge is 0.317 e. The molecule has 0 radical (unpaired) electrons. The SMILES string of the molecule is Cc1nn(C)c(Cl)c1CC(=O)C1CC12CCNCC2. The third-order valence-electron chi connectivity index (χ3n) is 4.80. The highest BCUT2D eigenvalue weighted by Crippen LogP contribution is 2.59. The van der Waals surface area contributed by atoms with Crippen LogP contribution in [0.1, 0.15) is 30.5 Å². The van der Waals surface area contributed by atoms with Gasteiger partial charge in [-0.3, -0.25) is 9.48 Å². The van der Waals surface area contributed by atoms with Crippen LogP contribution in [0.4, 0.5) is 0 Å². The predicted octanol–water partition coefficient (Wildman–Crippen LogP) is 1.88. The quantitative estimate of drug-likeness (QED) is 0.920. The molecular weight excluding hydrogens is 262 g/mol. The van der Waals surface area contributed by atoms with E-state index < -0.39 is 0 Å². The number of hydrogen-bond donors (Lipinski definition) is 1. The Hall–Kier alpha value is -0.870. The molecule has 1 saturated carbocycles. The van der Waals surface area contributed by atoms with E-state index in [1.165, 1.54) is 0 Å². The van der Waals surface area contributed by atoms with Crippen LogP contribution in [-0.4, -0.2) is 28.7 Å². The summed E-state index contributed by atoms with van der Waals surface area (Å²) in [6, 6.07) is 0. The molecule has 2 fully saturated rings. The van der Waals surface area contributed by atoms with E-state index in [1.54, 1.807) is 4.68 Å². The number of rotatable bonds is 3. The first-order valence-electron chi connectivity index (χ1n) is 6.95. The molecule has 1 N–H and O–H groups in total. The average Bonchev–Trinajstić information content (AvgIpc) is 3.02. The Morgan fingerprint density at radius 3 is 2.79 bits per heavy atom. The number of Topliss-reactive ketones (excluding diaryl/α,β-unsaturated/α-hetero) is 1. The van der Waals surface area contributed by atoms with Crippen molar-refractivity contribution in [3.05, 3.63) is 16.4 Å². The van der Waals surface area contributed by atoms with Crippen molar-refractivity contribution in [2.45, 2.75) is 32.6 Å². The first-order chi connectivity index (χ1) is 9.03. The van der Waals surface area contributed by atoms with Crippen LogP contribution in [0.25, 0.3) is 0 Å². The van der Waals surface area contributed by atoms with Gasteiger partial charge in [-0.05, 0) is 44.7 Å². The summed E-state index contributed by atoms with van der Waals surface area (Å²) in [7, 11) is 1.81. The van der Waals surface area contributed by atoms with Crippen molar-refractivity contribution >= 4 is 17.4 Å². The van der Waals surface area contributed by atoms with Crippen molar-refractivity contribution in [3.8, 4) is 0 Å². The van der Waals surface area contributed by atoms with E-state index in [0.29, 0.717) is 22.8 Å². The number of carbonyl (C=O) groups is 1. The van der Waals surface area contributed by atoms with Crippen LogP contribution in [0, 0.1) is 18.3 Å². The summed E-state index contributed by atoms with van der Waals surface area (Å²) in [5.41, 5.74) is 2.09. The van der Waals surface area contributed by atoms with Gasteiger partial charge in [0.05, 0.1) is 5.69 Å². The molecule has 3 rings (SSSR count). The maximum absolute atomic E-state index is 12.4. The van der Waals surface area contributed by atoms with Gasteiger partial charge >= 0.3 is 0 Å². The van der Waals surface area contributed by atoms with Gasteiger partial charge in [-0.2, -0.15) is 5.10 Å². The molecule has 0 aromatic carbocycles. The third-order valence-corrected chi connectivity index (χ3v) is 5.27. The summed E-state index contributed by atoms with van der Waals surface area (Å²) < 4.78 is 1.65. The molecule has 1 saturated heterocycles. The summed E-state index contributed by atoms with van der Waals surface area (Å²) in [5, 5.41) is 8.24. The van der Waals surface area contributed by atoms with Gasteiger partial charge in [0.15, 0.2) is 0 Å². The van der Waals surface area contributed by atoms with E-state index >= 15 is 0 Å². The summed E-state index contributed by atoms with van der Waals surface area (Å²) in [4.78, 5) is 12.4. The maximum atomic E-state index is 12.4. The van der Waals surface area contributed by atoms with E-state index in [2.05, 4.69) is 10.4 Å². The van der Waals surface area contributed by atoms with Crippen molar-refractivity contribution in [1.82, 2.24) is 15.1 Å². The average molecular weight is 282 g/mol. The standard InChI is InChI=1S/C14H20ClN3O/c1-9-10(13(15)18(2)17-9)7-12(19)11-8-14(11)3-5-16-6-4-14/h11,16H,3-8H2,1-2H3. The Morgan fingerprint density at radius 2 is 2.21 bits per heavy atom. The molecule has 1 atom stereocenters. The second-order valence-electron chi connectivity index (χ2n) is 5.99. The number of nitrogens with zero attached hydrogens (tertiary/aromatic N) is 2.